The number of unbranched alkanes of at least 4 members (excludes halogenated alkanes) is 1. The second-order valence-electron chi connectivity index (χ2n) is 2.51. The molecule has 0 spiro atoms. The summed E-state index contributed by atoms with van der Waals surface area (Å²) < 4.78 is 0. The van der Waals surface area contributed by atoms with E-state index in [1.54, 1.807) is 0 Å². The highest BCUT2D eigenvalue weighted by Gasteiger charge is 1.92. The third-order valence-corrected chi connectivity index (χ3v) is 1.35. The Morgan fingerprint density at radius 1 is 1.64 bits per heavy atom. The van der Waals surface area contributed by atoms with Crippen LogP contribution in [0.5, 0.6) is 0 Å². The van der Waals surface area contributed by atoms with Gasteiger partial charge in [-0.15, -0.1) is 6.58 Å². The molecule has 0 aliphatic heterocycles. The Kier molecular flexibility index (Phi) is 5.17. The summed E-state index contributed by atoms with van der Waals surface area (Å²) in [6.07, 6.45) is 5.87. The SMILES string of the molecule is C=CCCC/C(C)=C\C(=O)O. The van der Waals surface area contributed by atoms with Crippen molar-refractivity contribution in [1.29, 1.82) is 0 Å². The van der Waals surface area contributed by atoms with Crippen LogP contribution >= 0.6 is 0 Å². The van der Waals surface area contributed by atoms with E-state index in [0.717, 1.165) is 24.8 Å². The lowest BCUT2D eigenvalue weighted by molar-refractivity contribution is -0.131. The largest absolute Gasteiger partial charge is 0.478 e. The highest BCUT2D eigenvalue weighted by Crippen LogP contribution is 2.05. The molecule has 0 aromatic rings. The molecule has 0 bridgehead atoms. The minimum atomic E-state index is -0.860. The molecule has 2 nitrogen and oxygen atoms in total. The zero-order valence-corrected chi connectivity index (χ0v) is 6.84. The Labute approximate surface area is 67.2 Å². The zero-order valence-electron chi connectivity index (χ0n) is 6.84. The summed E-state index contributed by atoms with van der Waals surface area (Å²) in [5.41, 5.74) is 0.916. The number of carbonyl (C=O) groups is 1. The van der Waals surface area contributed by atoms with E-state index >= 15 is 0 Å². The fourth-order valence-electron chi connectivity index (χ4n) is 0.808. The normalized spacial score (nSPS) is 11.2. The fourth-order valence-corrected chi connectivity index (χ4v) is 0.808. The van der Waals surface area contributed by atoms with Gasteiger partial charge in [0.05, 0.1) is 0 Å². The van der Waals surface area contributed by atoms with Gasteiger partial charge in [0.1, 0.15) is 0 Å². The standard InChI is InChI=1S/C9H14O2/c1-3-4-5-6-8(2)7-9(10)11/h3,7H,1,4-6H2,2H3,(H,10,11)/b8-7-. The molecular formula is C9H14O2. The minimum absolute atomic E-state index is 0.846. The van der Waals surface area contributed by atoms with Crippen LogP contribution < -0.4 is 0 Å². The van der Waals surface area contributed by atoms with Crippen LogP contribution in [0.4, 0.5) is 0 Å². The molecule has 0 unspecified atom stereocenters. The average Bonchev–Trinajstić information content (AvgIpc) is 1.86. The minimum Gasteiger partial charge on any atom is -0.478 e. The maximum atomic E-state index is 10.1. The van der Waals surface area contributed by atoms with E-state index in [4.69, 9.17) is 5.11 Å². The van der Waals surface area contributed by atoms with Crippen molar-refractivity contribution in [2.24, 2.45) is 0 Å². The summed E-state index contributed by atoms with van der Waals surface area (Å²) in [6.45, 7) is 5.41. The van der Waals surface area contributed by atoms with E-state index in [2.05, 4.69) is 6.58 Å². The van der Waals surface area contributed by atoms with Gasteiger partial charge in [-0.2, -0.15) is 0 Å². The summed E-state index contributed by atoms with van der Waals surface area (Å²) in [5, 5.41) is 8.34. The Hall–Kier alpha value is -1.05. The predicted octanol–water partition coefficient (Wildman–Crippen LogP) is 2.37. The topological polar surface area (TPSA) is 37.3 Å². The van der Waals surface area contributed by atoms with Crippen molar-refractivity contribution in [3.8, 4) is 0 Å². The van der Waals surface area contributed by atoms with Gasteiger partial charge in [0, 0.05) is 6.08 Å². The first-order valence-electron chi connectivity index (χ1n) is 3.68. The van der Waals surface area contributed by atoms with Crippen molar-refractivity contribution in [2.45, 2.75) is 26.2 Å². The fraction of sp³-hybridized carbons (Fsp3) is 0.444. The molecule has 0 aromatic heterocycles. The predicted molar refractivity (Wildman–Crippen MR) is 45.4 cm³/mol. The van der Waals surface area contributed by atoms with Gasteiger partial charge in [-0.3, -0.25) is 0 Å². The van der Waals surface area contributed by atoms with E-state index < -0.39 is 5.97 Å². The lowest BCUT2D eigenvalue weighted by Crippen LogP contribution is -1.89. The van der Waals surface area contributed by atoms with Crippen molar-refractivity contribution in [2.75, 3.05) is 0 Å². The van der Waals surface area contributed by atoms with Crippen molar-refractivity contribution >= 4 is 5.97 Å². The van der Waals surface area contributed by atoms with Crippen LogP contribution in [0.2, 0.25) is 0 Å². The van der Waals surface area contributed by atoms with Crippen LogP contribution in [0, 0.1) is 0 Å². The molecule has 0 aliphatic rings. The molecule has 0 aromatic carbocycles. The quantitative estimate of drug-likeness (QED) is 0.375. The van der Waals surface area contributed by atoms with Crippen molar-refractivity contribution in [3.63, 3.8) is 0 Å². The first-order valence-corrected chi connectivity index (χ1v) is 3.68. The van der Waals surface area contributed by atoms with E-state index in [-0.39, 0.29) is 0 Å². The van der Waals surface area contributed by atoms with Gasteiger partial charge in [0.15, 0.2) is 0 Å². The third kappa shape index (κ3) is 6.84. The van der Waals surface area contributed by atoms with Crippen molar-refractivity contribution < 1.29 is 9.90 Å². The smallest absolute Gasteiger partial charge is 0.328 e. The number of carboxylic acid groups (broad SMARTS) is 1. The molecule has 11 heavy (non-hydrogen) atoms. The Morgan fingerprint density at radius 2 is 2.27 bits per heavy atom. The molecule has 0 fully saturated rings. The monoisotopic (exact) mass is 154 g/mol. The van der Waals surface area contributed by atoms with E-state index in [0.29, 0.717) is 0 Å². The van der Waals surface area contributed by atoms with Gasteiger partial charge in [0.25, 0.3) is 0 Å². The molecule has 62 valence electrons. The molecule has 2 heteroatoms. The second-order valence-corrected chi connectivity index (χ2v) is 2.51. The Balaban J connectivity index is 3.59. The average molecular weight is 154 g/mol. The molecule has 0 saturated heterocycles. The second kappa shape index (κ2) is 5.71. The van der Waals surface area contributed by atoms with E-state index in [1.807, 2.05) is 13.0 Å². The van der Waals surface area contributed by atoms with Crippen molar-refractivity contribution in [1.82, 2.24) is 0 Å². The lowest BCUT2D eigenvalue weighted by Gasteiger charge is -1.96. The molecule has 0 heterocycles. The van der Waals surface area contributed by atoms with E-state index in [9.17, 15) is 4.79 Å². The van der Waals surface area contributed by atoms with Gasteiger partial charge in [-0.25, -0.2) is 4.79 Å². The van der Waals surface area contributed by atoms with Gasteiger partial charge in [0.2, 0.25) is 0 Å². The van der Waals surface area contributed by atoms with Crippen LogP contribution in [0.3, 0.4) is 0 Å². The lowest BCUT2D eigenvalue weighted by atomic mass is 10.1. The number of aliphatic carboxylic acids is 1. The molecule has 0 saturated carbocycles. The molecule has 0 aliphatic carbocycles. The number of rotatable bonds is 5. The number of hydrogen-bond acceptors (Lipinski definition) is 1. The van der Waals surface area contributed by atoms with Crippen LogP contribution in [0.1, 0.15) is 26.2 Å². The molecule has 0 amide bonds. The maximum Gasteiger partial charge on any atom is 0.328 e. The van der Waals surface area contributed by atoms with E-state index in [1.165, 1.54) is 6.08 Å². The van der Waals surface area contributed by atoms with Gasteiger partial charge >= 0.3 is 5.97 Å². The van der Waals surface area contributed by atoms with Crippen LogP contribution in [0.25, 0.3) is 0 Å². The van der Waals surface area contributed by atoms with Gasteiger partial charge < -0.3 is 5.11 Å². The summed E-state index contributed by atoms with van der Waals surface area (Å²) >= 11 is 0. The van der Waals surface area contributed by atoms with Gasteiger partial charge in [-0.05, 0) is 26.2 Å². The number of carboxylic acids is 1. The van der Waals surface area contributed by atoms with Crippen LogP contribution in [0.15, 0.2) is 24.3 Å². The van der Waals surface area contributed by atoms with Crippen LogP contribution in [-0.4, -0.2) is 11.1 Å². The summed E-state index contributed by atoms with van der Waals surface area (Å²) in [6, 6.07) is 0. The maximum absolute atomic E-state index is 10.1. The number of allylic oxidation sites excluding steroid dienone is 2. The summed E-state index contributed by atoms with van der Waals surface area (Å²) in [7, 11) is 0. The van der Waals surface area contributed by atoms with Crippen molar-refractivity contribution in [3.05, 3.63) is 24.3 Å². The third-order valence-electron chi connectivity index (χ3n) is 1.35. The molecular weight excluding hydrogens is 140 g/mol. The first kappa shape index (κ1) is 9.95. The molecule has 0 atom stereocenters. The summed E-state index contributed by atoms with van der Waals surface area (Å²) in [4.78, 5) is 10.1. The highest BCUT2D eigenvalue weighted by molar-refractivity contribution is 5.80. The Bertz CT molecular complexity index is 168. The Morgan fingerprint density at radius 3 is 2.73 bits per heavy atom. The summed E-state index contributed by atoms with van der Waals surface area (Å²) in [5.74, 6) is -0.860. The molecule has 1 N–H and O–H groups in total. The van der Waals surface area contributed by atoms with Gasteiger partial charge in [-0.1, -0.05) is 11.6 Å². The van der Waals surface area contributed by atoms with Crippen LogP contribution in [-0.2, 0) is 4.79 Å². The zero-order chi connectivity index (χ0) is 8.69. The molecule has 0 radical (unpaired) electrons. The molecule has 0 rings (SSSR count). The highest BCUT2D eigenvalue weighted by atomic mass is 16.4. The first-order chi connectivity index (χ1) is 5.16. The number of hydrogen-bond donors (Lipinski definition) is 1.